The van der Waals surface area contributed by atoms with E-state index in [-0.39, 0.29) is 12.3 Å². The molecule has 0 aliphatic carbocycles. The Bertz CT molecular complexity index is 755. The van der Waals surface area contributed by atoms with E-state index >= 15 is 0 Å². The number of hydrogen-bond acceptors (Lipinski definition) is 4. The molecule has 116 valence electrons. The second-order valence-electron chi connectivity index (χ2n) is 5.11. The number of nitrogens with one attached hydrogen (secondary N) is 2. The van der Waals surface area contributed by atoms with E-state index in [1.54, 1.807) is 12.4 Å². The van der Waals surface area contributed by atoms with E-state index in [0.717, 1.165) is 12.0 Å². The topological polar surface area (TPSA) is 83.6 Å². The van der Waals surface area contributed by atoms with Crippen LogP contribution in [0.1, 0.15) is 11.4 Å². The first kappa shape index (κ1) is 14.9. The number of carbonyl (C=O) groups is 1. The van der Waals surface area contributed by atoms with Crippen molar-refractivity contribution in [3.63, 3.8) is 0 Å². The zero-order valence-electron chi connectivity index (χ0n) is 12.6. The lowest BCUT2D eigenvalue weighted by Gasteiger charge is -2.03. The van der Waals surface area contributed by atoms with Crippen molar-refractivity contribution in [2.45, 2.75) is 12.8 Å². The lowest BCUT2D eigenvalue weighted by molar-refractivity contribution is -0.120. The number of amides is 1. The van der Waals surface area contributed by atoms with E-state index in [4.69, 9.17) is 0 Å². The van der Waals surface area contributed by atoms with Gasteiger partial charge in [0.25, 0.3) is 0 Å². The van der Waals surface area contributed by atoms with Crippen LogP contribution in [0.2, 0.25) is 0 Å². The minimum absolute atomic E-state index is 0.0742. The number of hydrogen-bond donors (Lipinski definition) is 2. The summed E-state index contributed by atoms with van der Waals surface area (Å²) in [6.07, 6.45) is 4.37. The van der Waals surface area contributed by atoms with E-state index in [2.05, 4.69) is 25.5 Å². The van der Waals surface area contributed by atoms with Crippen LogP contribution >= 0.6 is 0 Å². The summed E-state index contributed by atoms with van der Waals surface area (Å²) in [5, 5.41) is 9.79. The van der Waals surface area contributed by atoms with Gasteiger partial charge in [0.1, 0.15) is 5.82 Å². The normalized spacial score (nSPS) is 10.4. The maximum absolute atomic E-state index is 11.9. The van der Waals surface area contributed by atoms with Gasteiger partial charge in [0.15, 0.2) is 5.82 Å². The van der Waals surface area contributed by atoms with Gasteiger partial charge in [-0.2, -0.15) is 5.10 Å². The molecule has 0 bridgehead atoms. The van der Waals surface area contributed by atoms with Crippen LogP contribution in [0.25, 0.3) is 11.4 Å². The summed E-state index contributed by atoms with van der Waals surface area (Å²) in [7, 11) is 0. The largest absolute Gasteiger partial charge is 0.355 e. The van der Waals surface area contributed by atoms with Crippen molar-refractivity contribution < 1.29 is 4.79 Å². The van der Waals surface area contributed by atoms with Gasteiger partial charge in [-0.3, -0.25) is 14.9 Å². The SMILES string of the molecule is O=C(Cc1nc(-c2cccnc2)n[nH]1)NCCc1ccccc1. The first-order valence-corrected chi connectivity index (χ1v) is 7.43. The second-order valence-corrected chi connectivity index (χ2v) is 5.11. The predicted molar refractivity (Wildman–Crippen MR) is 86.5 cm³/mol. The first-order chi connectivity index (χ1) is 11.3. The average Bonchev–Trinajstić information content (AvgIpc) is 3.05. The van der Waals surface area contributed by atoms with Gasteiger partial charge in [-0.15, -0.1) is 0 Å². The fourth-order valence-electron chi connectivity index (χ4n) is 2.20. The van der Waals surface area contributed by atoms with Gasteiger partial charge in [0.05, 0.1) is 6.42 Å². The Labute approximate surface area is 134 Å². The van der Waals surface area contributed by atoms with Gasteiger partial charge < -0.3 is 5.32 Å². The van der Waals surface area contributed by atoms with Gasteiger partial charge >= 0.3 is 0 Å². The number of rotatable bonds is 6. The third kappa shape index (κ3) is 4.23. The molecule has 0 saturated carbocycles. The maximum Gasteiger partial charge on any atom is 0.227 e. The smallest absolute Gasteiger partial charge is 0.227 e. The minimum Gasteiger partial charge on any atom is -0.355 e. The van der Waals surface area contributed by atoms with Gasteiger partial charge in [0.2, 0.25) is 5.91 Å². The van der Waals surface area contributed by atoms with E-state index in [1.165, 1.54) is 5.56 Å². The number of nitrogens with zero attached hydrogens (tertiary/aromatic N) is 3. The summed E-state index contributed by atoms with van der Waals surface area (Å²) in [6.45, 7) is 0.604. The number of pyridine rings is 1. The van der Waals surface area contributed by atoms with Crippen LogP contribution in [0.5, 0.6) is 0 Å². The highest BCUT2D eigenvalue weighted by Gasteiger charge is 2.09. The standard InChI is InChI=1S/C17H17N5O/c23-16(19-10-8-13-5-2-1-3-6-13)11-15-20-17(22-21-15)14-7-4-9-18-12-14/h1-7,9,12H,8,10-11H2,(H,19,23)(H,20,21,22). The molecule has 0 atom stereocenters. The van der Waals surface area contributed by atoms with Crippen molar-refractivity contribution >= 4 is 5.91 Å². The molecule has 3 aromatic rings. The lowest BCUT2D eigenvalue weighted by atomic mass is 10.1. The molecular formula is C17H17N5O. The van der Waals surface area contributed by atoms with Crippen molar-refractivity contribution in [3.05, 3.63) is 66.2 Å². The minimum atomic E-state index is -0.0742. The molecule has 0 aliphatic rings. The molecule has 0 spiro atoms. The molecule has 0 fully saturated rings. The van der Waals surface area contributed by atoms with Crippen molar-refractivity contribution in [1.29, 1.82) is 0 Å². The first-order valence-electron chi connectivity index (χ1n) is 7.43. The molecule has 23 heavy (non-hydrogen) atoms. The van der Waals surface area contributed by atoms with Crippen LogP contribution in [-0.2, 0) is 17.6 Å². The van der Waals surface area contributed by atoms with Crippen LogP contribution in [-0.4, -0.2) is 32.6 Å². The Morgan fingerprint density at radius 2 is 2.00 bits per heavy atom. The molecule has 0 saturated heterocycles. The highest BCUT2D eigenvalue weighted by Crippen LogP contribution is 2.12. The number of benzene rings is 1. The van der Waals surface area contributed by atoms with Gasteiger partial charge in [-0.05, 0) is 24.1 Å². The third-order valence-corrected chi connectivity index (χ3v) is 3.36. The molecule has 6 nitrogen and oxygen atoms in total. The molecule has 1 amide bonds. The fourth-order valence-corrected chi connectivity index (χ4v) is 2.20. The lowest BCUT2D eigenvalue weighted by Crippen LogP contribution is -2.27. The molecule has 0 unspecified atom stereocenters. The maximum atomic E-state index is 11.9. The third-order valence-electron chi connectivity index (χ3n) is 3.36. The molecule has 2 aromatic heterocycles. The molecule has 0 radical (unpaired) electrons. The number of H-pyrrole nitrogens is 1. The zero-order chi connectivity index (χ0) is 15.9. The Balaban J connectivity index is 1.49. The summed E-state index contributed by atoms with van der Waals surface area (Å²) in [4.78, 5) is 20.3. The Morgan fingerprint density at radius 3 is 2.78 bits per heavy atom. The van der Waals surface area contributed by atoms with E-state index in [1.807, 2.05) is 42.5 Å². The van der Waals surface area contributed by atoms with Crippen molar-refractivity contribution in [2.75, 3.05) is 6.54 Å². The average molecular weight is 307 g/mol. The quantitative estimate of drug-likeness (QED) is 0.727. The van der Waals surface area contributed by atoms with Gasteiger partial charge in [-0.25, -0.2) is 4.98 Å². The van der Waals surface area contributed by atoms with Crippen LogP contribution < -0.4 is 5.32 Å². The molecular weight excluding hydrogens is 290 g/mol. The summed E-state index contributed by atoms with van der Waals surface area (Å²) in [5.74, 6) is 1.01. The van der Waals surface area contributed by atoms with Gasteiger partial charge in [-0.1, -0.05) is 30.3 Å². The number of aromatic amines is 1. The van der Waals surface area contributed by atoms with Crippen molar-refractivity contribution in [2.24, 2.45) is 0 Å². The van der Waals surface area contributed by atoms with Crippen LogP contribution in [0.4, 0.5) is 0 Å². The van der Waals surface area contributed by atoms with Crippen LogP contribution in [0.3, 0.4) is 0 Å². The van der Waals surface area contributed by atoms with Crippen molar-refractivity contribution in [3.8, 4) is 11.4 Å². The monoisotopic (exact) mass is 307 g/mol. The summed E-state index contributed by atoms with van der Waals surface area (Å²) in [6, 6.07) is 13.7. The fraction of sp³-hybridized carbons (Fsp3) is 0.176. The number of aromatic nitrogens is 4. The van der Waals surface area contributed by atoms with E-state index < -0.39 is 0 Å². The molecule has 1 aromatic carbocycles. The highest BCUT2D eigenvalue weighted by molar-refractivity contribution is 5.77. The predicted octanol–water partition coefficient (Wildman–Crippen LogP) is 1.77. The second kappa shape index (κ2) is 7.31. The molecule has 6 heteroatoms. The van der Waals surface area contributed by atoms with E-state index in [0.29, 0.717) is 18.2 Å². The summed E-state index contributed by atoms with van der Waals surface area (Å²) in [5.41, 5.74) is 2.02. The van der Waals surface area contributed by atoms with Crippen LogP contribution in [0, 0.1) is 0 Å². The Hall–Kier alpha value is -3.02. The van der Waals surface area contributed by atoms with Crippen molar-refractivity contribution in [1.82, 2.24) is 25.5 Å². The van der Waals surface area contributed by atoms with Gasteiger partial charge in [0, 0.05) is 24.5 Å². The Morgan fingerprint density at radius 1 is 1.13 bits per heavy atom. The van der Waals surface area contributed by atoms with E-state index in [9.17, 15) is 4.79 Å². The molecule has 3 rings (SSSR count). The summed E-state index contributed by atoms with van der Waals surface area (Å²) < 4.78 is 0. The molecule has 2 N–H and O–H groups in total. The zero-order valence-corrected chi connectivity index (χ0v) is 12.6. The molecule has 0 aliphatic heterocycles. The molecule has 2 heterocycles. The van der Waals surface area contributed by atoms with Crippen LogP contribution in [0.15, 0.2) is 54.9 Å². The Kier molecular flexibility index (Phi) is 4.73. The summed E-state index contributed by atoms with van der Waals surface area (Å²) >= 11 is 0. The highest BCUT2D eigenvalue weighted by atomic mass is 16.1. The number of carbonyl (C=O) groups excluding carboxylic acids is 1.